The number of hydrogen-bond donors (Lipinski definition) is 2. The summed E-state index contributed by atoms with van der Waals surface area (Å²) in [5.74, 6) is -1.83. The maximum absolute atomic E-state index is 13.0. The van der Waals surface area contributed by atoms with Crippen molar-refractivity contribution in [2.75, 3.05) is 16.8 Å². The number of amides is 1. The number of nitrogens with one attached hydrogen (secondary N) is 1. The minimum atomic E-state index is -0.750. The van der Waals surface area contributed by atoms with Crippen LogP contribution < -0.4 is 11.1 Å². The molecule has 2 rings (SSSR count). The molecule has 0 heterocycles. The molecule has 21 heavy (non-hydrogen) atoms. The summed E-state index contributed by atoms with van der Waals surface area (Å²) in [5.41, 5.74) is 6.30. The molecule has 3 nitrogen and oxygen atoms in total. The SMILES string of the molecule is Nc1cc(Cl)ccc1SCC(=O)Nc1cc(F)cc(F)c1. The van der Waals surface area contributed by atoms with Crippen LogP contribution in [0, 0.1) is 11.6 Å². The minimum Gasteiger partial charge on any atom is -0.398 e. The predicted molar refractivity (Wildman–Crippen MR) is 81.6 cm³/mol. The molecule has 0 aromatic heterocycles. The lowest BCUT2D eigenvalue weighted by Crippen LogP contribution is -2.14. The number of halogens is 3. The summed E-state index contributed by atoms with van der Waals surface area (Å²) in [6.45, 7) is 0. The molecule has 0 unspecified atom stereocenters. The van der Waals surface area contributed by atoms with Crippen LogP contribution in [0.15, 0.2) is 41.3 Å². The van der Waals surface area contributed by atoms with Crippen molar-refractivity contribution >= 4 is 40.6 Å². The molecule has 0 aliphatic heterocycles. The highest BCUT2D eigenvalue weighted by molar-refractivity contribution is 8.00. The number of benzene rings is 2. The summed E-state index contributed by atoms with van der Waals surface area (Å²) in [6.07, 6.45) is 0. The molecule has 1 amide bonds. The lowest BCUT2D eigenvalue weighted by atomic mass is 10.3. The number of carbonyl (C=O) groups is 1. The standard InChI is InChI=1S/C14H11ClF2N2OS/c15-8-1-2-13(12(18)3-8)21-7-14(20)19-11-5-9(16)4-10(17)6-11/h1-6H,7,18H2,(H,19,20). The quantitative estimate of drug-likeness (QED) is 0.660. The average molecular weight is 329 g/mol. The summed E-state index contributed by atoms with van der Waals surface area (Å²) >= 11 is 6.99. The lowest BCUT2D eigenvalue weighted by Gasteiger charge is -2.07. The zero-order chi connectivity index (χ0) is 15.4. The molecule has 3 N–H and O–H groups in total. The summed E-state index contributed by atoms with van der Waals surface area (Å²) in [4.78, 5) is 12.5. The van der Waals surface area contributed by atoms with Gasteiger partial charge in [-0.2, -0.15) is 0 Å². The first kappa shape index (κ1) is 15.6. The number of nitrogen functional groups attached to an aromatic ring is 1. The van der Waals surface area contributed by atoms with Crippen LogP contribution in [0.5, 0.6) is 0 Å². The van der Waals surface area contributed by atoms with Gasteiger partial charge in [-0.15, -0.1) is 11.8 Å². The van der Waals surface area contributed by atoms with Gasteiger partial charge in [-0.1, -0.05) is 11.6 Å². The Labute approximate surface area is 129 Å². The maximum atomic E-state index is 13.0. The van der Waals surface area contributed by atoms with Crippen molar-refractivity contribution < 1.29 is 13.6 Å². The number of rotatable bonds is 4. The smallest absolute Gasteiger partial charge is 0.234 e. The third-order valence-corrected chi connectivity index (χ3v) is 3.80. The fraction of sp³-hybridized carbons (Fsp3) is 0.0714. The van der Waals surface area contributed by atoms with E-state index in [1.807, 2.05) is 0 Å². The molecule has 0 aliphatic carbocycles. The van der Waals surface area contributed by atoms with E-state index in [9.17, 15) is 13.6 Å². The van der Waals surface area contributed by atoms with Gasteiger partial charge in [0.1, 0.15) is 11.6 Å². The van der Waals surface area contributed by atoms with Crippen LogP contribution in [-0.4, -0.2) is 11.7 Å². The van der Waals surface area contributed by atoms with Gasteiger partial charge in [0.25, 0.3) is 0 Å². The number of thioether (sulfide) groups is 1. The Morgan fingerprint density at radius 3 is 2.48 bits per heavy atom. The number of anilines is 2. The second kappa shape index (κ2) is 6.78. The van der Waals surface area contributed by atoms with Gasteiger partial charge in [0.2, 0.25) is 5.91 Å². The van der Waals surface area contributed by atoms with E-state index in [-0.39, 0.29) is 17.3 Å². The maximum Gasteiger partial charge on any atom is 0.234 e. The largest absolute Gasteiger partial charge is 0.398 e. The molecule has 0 saturated carbocycles. The van der Waals surface area contributed by atoms with Crippen molar-refractivity contribution in [1.82, 2.24) is 0 Å². The lowest BCUT2D eigenvalue weighted by molar-refractivity contribution is -0.113. The zero-order valence-electron chi connectivity index (χ0n) is 10.7. The Hall–Kier alpha value is -1.79. The minimum absolute atomic E-state index is 0.0595. The molecule has 0 atom stereocenters. The third-order valence-electron chi connectivity index (χ3n) is 2.48. The summed E-state index contributed by atoms with van der Waals surface area (Å²) in [6, 6.07) is 7.78. The van der Waals surface area contributed by atoms with Crippen molar-refractivity contribution in [3.63, 3.8) is 0 Å². The van der Waals surface area contributed by atoms with Gasteiger partial charge in [-0.3, -0.25) is 4.79 Å². The van der Waals surface area contributed by atoms with E-state index in [0.29, 0.717) is 15.6 Å². The van der Waals surface area contributed by atoms with Gasteiger partial charge in [0.05, 0.1) is 5.75 Å². The van der Waals surface area contributed by atoms with E-state index >= 15 is 0 Å². The Kier molecular flexibility index (Phi) is 5.03. The van der Waals surface area contributed by atoms with E-state index in [1.54, 1.807) is 18.2 Å². The van der Waals surface area contributed by atoms with Crippen LogP contribution in [0.2, 0.25) is 5.02 Å². The van der Waals surface area contributed by atoms with Gasteiger partial charge < -0.3 is 11.1 Å². The van der Waals surface area contributed by atoms with Crippen LogP contribution in [0.3, 0.4) is 0 Å². The molecule has 0 spiro atoms. The van der Waals surface area contributed by atoms with Crippen LogP contribution in [-0.2, 0) is 4.79 Å². The highest BCUT2D eigenvalue weighted by Crippen LogP contribution is 2.27. The van der Waals surface area contributed by atoms with Gasteiger partial charge in [0.15, 0.2) is 0 Å². The van der Waals surface area contributed by atoms with Crippen LogP contribution in [0.1, 0.15) is 0 Å². The van der Waals surface area contributed by atoms with E-state index in [1.165, 1.54) is 11.8 Å². The van der Waals surface area contributed by atoms with E-state index in [4.69, 9.17) is 17.3 Å². The Bertz CT molecular complexity index is 662. The number of hydrogen-bond acceptors (Lipinski definition) is 3. The fourth-order valence-electron chi connectivity index (χ4n) is 1.62. The predicted octanol–water partition coefficient (Wildman–Crippen LogP) is 3.93. The topological polar surface area (TPSA) is 55.1 Å². The molecule has 7 heteroatoms. The summed E-state index contributed by atoms with van der Waals surface area (Å²) in [5, 5.41) is 2.93. The van der Waals surface area contributed by atoms with E-state index in [2.05, 4.69) is 5.32 Å². The fourth-order valence-corrected chi connectivity index (χ4v) is 2.55. The molecule has 0 radical (unpaired) electrons. The van der Waals surface area contributed by atoms with E-state index in [0.717, 1.165) is 18.2 Å². The monoisotopic (exact) mass is 328 g/mol. The van der Waals surface area contributed by atoms with Crippen molar-refractivity contribution in [1.29, 1.82) is 0 Å². The molecule has 0 saturated heterocycles. The Morgan fingerprint density at radius 2 is 1.86 bits per heavy atom. The average Bonchev–Trinajstić information content (AvgIpc) is 2.36. The highest BCUT2D eigenvalue weighted by Gasteiger charge is 2.08. The first-order valence-electron chi connectivity index (χ1n) is 5.88. The summed E-state index contributed by atoms with van der Waals surface area (Å²) in [7, 11) is 0. The highest BCUT2D eigenvalue weighted by atomic mass is 35.5. The molecule has 0 aliphatic rings. The van der Waals surface area contributed by atoms with Gasteiger partial charge in [-0.05, 0) is 30.3 Å². The molecule has 0 bridgehead atoms. The van der Waals surface area contributed by atoms with Gasteiger partial charge in [-0.25, -0.2) is 8.78 Å². The molecular formula is C14H11ClF2N2OS. The second-order valence-electron chi connectivity index (χ2n) is 4.18. The molecule has 2 aromatic carbocycles. The van der Waals surface area contributed by atoms with Crippen molar-refractivity contribution in [2.45, 2.75) is 4.90 Å². The third kappa shape index (κ3) is 4.61. The first-order valence-corrected chi connectivity index (χ1v) is 7.24. The molecule has 110 valence electrons. The Morgan fingerprint density at radius 1 is 1.19 bits per heavy atom. The normalized spacial score (nSPS) is 10.4. The number of nitrogens with two attached hydrogens (primary N) is 1. The van der Waals surface area contributed by atoms with Crippen molar-refractivity contribution in [2.24, 2.45) is 0 Å². The Balaban J connectivity index is 1.95. The van der Waals surface area contributed by atoms with Crippen molar-refractivity contribution in [3.05, 3.63) is 53.1 Å². The van der Waals surface area contributed by atoms with Crippen LogP contribution in [0.25, 0.3) is 0 Å². The second-order valence-corrected chi connectivity index (χ2v) is 5.63. The van der Waals surface area contributed by atoms with Gasteiger partial charge >= 0.3 is 0 Å². The van der Waals surface area contributed by atoms with Crippen LogP contribution in [0.4, 0.5) is 20.2 Å². The number of carbonyl (C=O) groups excluding carboxylic acids is 1. The molecule has 0 fully saturated rings. The summed E-state index contributed by atoms with van der Waals surface area (Å²) < 4.78 is 26.0. The van der Waals surface area contributed by atoms with Crippen LogP contribution >= 0.6 is 23.4 Å². The van der Waals surface area contributed by atoms with Crippen molar-refractivity contribution in [3.8, 4) is 0 Å². The first-order chi connectivity index (χ1) is 9.94. The van der Waals surface area contributed by atoms with E-state index < -0.39 is 11.6 Å². The zero-order valence-corrected chi connectivity index (χ0v) is 12.3. The molecular weight excluding hydrogens is 318 g/mol. The van der Waals surface area contributed by atoms with Gasteiger partial charge in [0, 0.05) is 27.4 Å². The molecule has 2 aromatic rings.